The first-order valence-corrected chi connectivity index (χ1v) is 5.25. The molecule has 1 fully saturated rings. The average molecular weight is 214 g/mol. The highest BCUT2D eigenvalue weighted by Gasteiger charge is 2.26. The fraction of sp³-hybridized carbons (Fsp3) is 0.800. The molecule has 0 saturated carbocycles. The standard InChI is InChI=1S/C10H18N2O3/c1-7(2)15-10(14)12-5-3-8(4-6-12)9(11)13/h7-8H,3-6H2,1-2H3,(H2,11,13). The predicted octanol–water partition coefficient (Wildman–Crippen LogP) is 0.729. The zero-order valence-electron chi connectivity index (χ0n) is 9.23. The molecule has 2 amide bonds. The van der Waals surface area contributed by atoms with Crippen molar-refractivity contribution >= 4 is 12.0 Å². The van der Waals surface area contributed by atoms with E-state index in [1.54, 1.807) is 4.90 Å². The van der Waals surface area contributed by atoms with E-state index in [-0.39, 0.29) is 24.0 Å². The Balaban J connectivity index is 2.37. The summed E-state index contributed by atoms with van der Waals surface area (Å²) in [5.41, 5.74) is 5.20. The van der Waals surface area contributed by atoms with Gasteiger partial charge in [-0.1, -0.05) is 0 Å². The van der Waals surface area contributed by atoms with Gasteiger partial charge in [0.25, 0.3) is 0 Å². The molecule has 0 atom stereocenters. The van der Waals surface area contributed by atoms with Gasteiger partial charge in [-0.15, -0.1) is 0 Å². The number of nitrogens with zero attached hydrogens (tertiary/aromatic N) is 1. The van der Waals surface area contributed by atoms with Gasteiger partial charge in [-0.3, -0.25) is 4.79 Å². The summed E-state index contributed by atoms with van der Waals surface area (Å²) in [6.07, 6.45) is 0.879. The summed E-state index contributed by atoms with van der Waals surface area (Å²) in [5.74, 6) is -0.361. The number of carbonyl (C=O) groups excluding carboxylic acids is 2. The summed E-state index contributed by atoms with van der Waals surface area (Å²) in [4.78, 5) is 24.0. The minimum absolute atomic E-state index is 0.0897. The summed E-state index contributed by atoms with van der Waals surface area (Å²) in [5, 5.41) is 0. The normalized spacial score (nSPS) is 17.9. The van der Waals surface area contributed by atoms with E-state index in [2.05, 4.69) is 0 Å². The van der Waals surface area contributed by atoms with E-state index >= 15 is 0 Å². The van der Waals surface area contributed by atoms with Gasteiger partial charge in [0.1, 0.15) is 0 Å². The van der Waals surface area contributed by atoms with Crippen molar-refractivity contribution in [3.63, 3.8) is 0 Å². The van der Waals surface area contributed by atoms with E-state index < -0.39 is 0 Å². The molecule has 0 spiro atoms. The fourth-order valence-electron chi connectivity index (χ4n) is 1.62. The molecule has 0 unspecified atom stereocenters. The third-order valence-electron chi connectivity index (χ3n) is 2.49. The van der Waals surface area contributed by atoms with Crippen molar-refractivity contribution in [3.8, 4) is 0 Å². The Labute approximate surface area is 89.6 Å². The topological polar surface area (TPSA) is 72.6 Å². The summed E-state index contributed by atoms with van der Waals surface area (Å²) in [6, 6.07) is 0. The Kier molecular flexibility index (Phi) is 3.94. The molecule has 1 rings (SSSR count). The Morgan fingerprint density at radius 2 is 1.87 bits per heavy atom. The highest BCUT2D eigenvalue weighted by atomic mass is 16.6. The van der Waals surface area contributed by atoms with Crippen LogP contribution in [0.5, 0.6) is 0 Å². The largest absolute Gasteiger partial charge is 0.447 e. The maximum absolute atomic E-state index is 11.5. The van der Waals surface area contributed by atoms with Crippen LogP contribution in [0.25, 0.3) is 0 Å². The first kappa shape index (κ1) is 11.8. The van der Waals surface area contributed by atoms with Crippen LogP contribution >= 0.6 is 0 Å². The maximum Gasteiger partial charge on any atom is 0.410 e. The van der Waals surface area contributed by atoms with Crippen molar-refractivity contribution in [2.24, 2.45) is 11.7 Å². The second-order valence-corrected chi connectivity index (χ2v) is 4.10. The molecule has 0 aromatic rings. The highest BCUT2D eigenvalue weighted by Crippen LogP contribution is 2.17. The molecule has 2 N–H and O–H groups in total. The number of ether oxygens (including phenoxy) is 1. The Hall–Kier alpha value is -1.26. The Morgan fingerprint density at radius 3 is 2.27 bits per heavy atom. The van der Waals surface area contributed by atoms with E-state index in [0.717, 1.165) is 0 Å². The lowest BCUT2D eigenvalue weighted by Crippen LogP contribution is -2.42. The SMILES string of the molecule is CC(C)OC(=O)N1CCC(C(N)=O)CC1. The van der Waals surface area contributed by atoms with E-state index in [1.165, 1.54) is 0 Å². The van der Waals surface area contributed by atoms with Crippen molar-refractivity contribution in [2.75, 3.05) is 13.1 Å². The Bertz CT molecular complexity index is 245. The van der Waals surface area contributed by atoms with Crippen molar-refractivity contribution in [1.82, 2.24) is 4.90 Å². The van der Waals surface area contributed by atoms with Gasteiger partial charge in [0, 0.05) is 19.0 Å². The Morgan fingerprint density at radius 1 is 1.33 bits per heavy atom. The van der Waals surface area contributed by atoms with Crippen LogP contribution < -0.4 is 5.73 Å². The molecular formula is C10H18N2O3. The number of hydrogen-bond acceptors (Lipinski definition) is 3. The van der Waals surface area contributed by atoms with E-state index in [0.29, 0.717) is 25.9 Å². The minimum Gasteiger partial charge on any atom is -0.447 e. The van der Waals surface area contributed by atoms with Gasteiger partial charge in [-0.05, 0) is 26.7 Å². The lowest BCUT2D eigenvalue weighted by atomic mass is 9.97. The van der Waals surface area contributed by atoms with Gasteiger partial charge in [0.05, 0.1) is 6.10 Å². The molecule has 0 radical (unpaired) electrons. The van der Waals surface area contributed by atoms with Gasteiger partial charge in [-0.2, -0.15) is 0 Å². The highest BCUT2D eigenvalue weighted by molar-refractivity contribution is 5.77. The summed E-state index contributed by atoms with van der Waals surface area (Å²) in [6.45, 7) is 4.74. The van der Waals surface area contributed by atoms with Crippen molar-refractivity contribution in [1.29, 1.82) is 0 Å². The van der Waals surface area contributed by atoms with Crippen LogP contribution in [0.4, 0.5) is 4.79 Å². The first-order valence-electron chi connectivity index (χ1n) is 5.25. The molecule has 15 heavy (non-hydrogen) atoms. The molecule has 1 saturated heterocycles. The monoisotopic (exact) mass is 214 g/mol. The third kappa shape index (κ3) is 3.42. The molecular weight excluding hydrogens is 196 g/mol. The van der Waals surface area contributed by atoms with Crippen LogP contribution in [0.3, 0.4) is 0 Å². The average Bonchev–Trinajstić information content (AvgIpc) is 2.17. The number of likely N-dealkylation sites (tertiary alicyclic amines) is 1. The van der Waals surface area contributed by atoms with Gasteiger partial charge in [0.15, 0.2) is 0 Å². The number of rotatable bonds is 2. The summed E-state index contributed by atoms with van der Waals surface area (Å²) >= 11 is 0. The molecule has 86 valence electrons. The summed E-state index contributed by atoms with van der Waals surface area (Å²) < 4.78 is 5.06. The first-order chi connectivity index (χ1) is 7.00. The predicted molar refractivity (Wildman–Crippen MR) is 55.1 cm³/mol. The molecule has 0 aliphatic carbocycles. The van der Waals surface area contributed by atoms with Crippen molar-refractivity contribution in [2.45, 2.75) is 32.8 Å². The number of amides is 2. The molecule has 1 aliphatic heterocycles. The van der Waals surface area contributed by atoms with Crippen LogP contribution in [-0.2, 0) is 9.53 Å². The van der Waals surface area contributed by atoms with Gasteiger partial charge < -0.3 is 15.4 Å². The second-order valence-electron chi connectivity index (χ2n) is 4.10. The molecule has 1 heterocycles. The van der Waals surface area contributed by atoms with E-state index in [4.69, 9.17) is 10.5 Å². The molecule has 0 aromatic heterocycles. The molecule has 0 aromatic carbocycles. The lowest BCUT2D eigenvalue weighted by Gasteiger charge is -2.30. The van der Waals surface area contributed by atoms with Gasteiger partial charge in [0.2, 0.25) is 5.91 Å². The number of nitrogens with two attached hydrogens (primary N) is 1. The number of carbonyl (C=O) groups is 2. The molecule has 0 bridgehead atoms. The van der Waals surface area contributed by atoms with Crippen LogP contribution in [0.1, 0.15) is 26.7 Å². The van der Waals surface area contributed by atoms with Gasteiger partial charge in [-0.25, -0.2) is 4.79 Å². The quantitative estimate of drug-likeness (QED) is 0.736. The van der Waals surface area contributed by atoms with Crippen LogP contribution in [0.2, 0.25) is 0 Å². The van der Waals surface area contributed by atoms with Crippen molar-refractivity contribution in [3.05, 3.63) is 0 Å². The number of primary amides is 1. The van der Waals surface area contributed by atoms with Crippen LogP contribution in [-0.4, -0.2) is 36.1 Å². The van der Waals surface area contributed by atoms with E-state index in [9.17, 15) is 9.59 Å². The number of hydrogen-bond donors (Lipinski definition) is 1. The second kappa shape index (κ2) is 5.00. The smallest absolute Gasteiger partial charge is 0.410 e. The summed E-state index contributed by atoms with van der Waals surface area (Å²) in [7, 11) is 0. The van der Waals surface area contributed by atoms with E-state index in [1.807, 2.05) is 13.8 Å². The molecule has 5 nitrogen and oxygen atoms in total. The van der Waals surface area contributed by atoms with Crippen LogP contribution in [0, 0.1) is 5.92 Å². The minimum atomic E-state index is -0.298. The zero-order valence-corrected chi connectivity index (χ0v) is 9.23. The molecule has 5 heteroatoms. The maximum atomic E-state index is 11.5. The molecule has 1 aliphatic rings. The van der Waals surface area contributed by atoms with Crippen LogP contribution in [0.15, 0.2) is 0 Å². The van der Waals surface area contributed by atoms with Gasteiger partial charge >= 0.3 is 6.09 Å². The third-order valence-corrected chi connectivity index (χ3v) is 2.49. The number of piperidine rings is 1. The van der Waals surface area contributed by atoms with Crippen molar-refractivity contribution < 1.29 is 14.3 Å². The zero-order chi connectivity index (χ0) is 11.4. The lowest BCUT2D eigenvalue weighted by molar-refractivity contribution is -0.123. The fourth-order valence-corrected chi connectivity index (χ4v) is 1.62.